The van der Waals surface area contributed by atoms with Crippen LogP contribution in [0.4, 0.5) is 0 Å². The molecule has 2 saturated carbocycles. The number of hydrogen-bond acceptors (Lipinski definition) is 3. The highest BCUT2D eigenvalue weighted by molar-refractivity contribution is 5.66. The van der Waals surface area contributed by atoms with Gasteiger partial charge in [-0.2, -0.15) is 0 Å². The van der Waals surface area contributed by atoms with Gasteiger partial charge in [0.05, 0.1) is 5.60 Å². The molecule has 0 heterocycles. The van der Waals surface area contributed by atoms with Crippen molar-refractivity contribution in [3.05, 3.63) is 23.8 Å². The number of ether oxygens (including phenoxy) is 1. The van der Waals surface area contributed by atoms with E-state index in [1.807, 2.05) is 0 Å². The summed E-state index contributed by atoms with van der Waals surface area (Å²) in [6.45, 7) is 8.28. The quantitative estimate of drug-likeness (QED) is 0.717. The second kappa shape index (κ2) is 5.45. The minimum absolute atomic E-state index is 0.0467. The molecule has 2 fully saturated rings. The summed E-state index contributed by atoms with van der Waals surface area (Å²) in [6, 6.07) is 0. The summed E-state index contributed by atoms with van der Waals surface area (Å²) >= 11 is 0. The first-order valence-electron chi connectivity index (χ1n) is 9.97. The zero-order valence-corrected chi connectivity index (χ0v) is 16.0. The first kappa shape index (κ1) is 17.3. The van der Waals surface area contributed by atoms with Crippen molar-refractivity contribution in [3.8, 4) is 0 Å². The van der Waals surface area contributed by atoms with Crippen LogP contribution in [0.15, 0.2) is 23.8 Å². The van der Waals surface area contributed by atoms with Crippen LogP contribution in [-0.4, -0.2) is 22.8 Å². The number of aliphatic hydroxyl groups is 1. The van der Waals surface area contributed by atoms with E-state index in [-0.39, 0.29) is 22.9 Å². The fourth-order valence-corrected chi connectivity index (χ4v) is 6.68. The molecule has 3 heteroatoms. The second-order valence-electron chi connectivity index (χ2n) is 9.64. The summed E-state index contributed by atoms with van der Waals surface area (Å²) < 4.78 is 5.45. The lowest BCUT2D eigenvalue weighted by Crippen LogP contribution is -2.53. The van der Waals surface area contributed by atoms with Crippen LogP contribution in [-0.2, 0) is 9.53 Å². The van der Waals surface area contributed by atoms with E-state index in [9.17, 15) is 9.90 Å². The highest BCUT2D eigenvalue weighted by Crippen LogP contribution is 2.66. The molecule has 25 heavy (non-hydrogen) atoms. The van der Waals surface area contributed by atoms with Crippen LogP contribution in [0.2, 0.25) is 0 Å². The Morgan fingerprint density at radius 3 is 2.56 bits per heavy atom. The standard InChI is InChI=1S/C22H32O3/c1-14(23)25-16-7-10-20(2)15(13-16)5-6-17-18(20)8-11-21(3)19(17)9-12-22(21,4)24/h5-6,13,16-19,24H,7-12H2,1-4H3/t16-,17+,18-,19-,20-,21-,22-/m0/s1. The molecule has 0 aromatic rings. The molecule has 0 aliphatic heterocycles. The molecule has 0 aromatic carbocycles. The molecule has 4 rings (SSSR count). The molecule has 7 atom stereocenters. The zero-order chi connectivity index (χ0) is 18.0. The average molecular weight is 344 g/mol. The van der Waals surface area contributed by atoms with Crippen LogP contribution in [0.25, 0.3) is 0 Å². The summed E-state index contributed by atoms with van der Waals surface area (Å²) in [5, 5.41) is 11.0. The third-order valence-corrected chi connectivity index (χ3v) is 8.50. The molecule has 4 aliphatic carbocycles. The molecule has 0 bridgehead atoms. The largest absolute Gasteiger partial charge is 0.458 e. The first-order chi connectivity index (χ1) is 11.7. The van der Waals surface area contributed by atoms with E-state index in [4.69, 9.17) is 4.74 Å². The molecule has 0 unspecified atom stereocenters. The Kier molecular flexibility index (Phi) is 3.78. The highest BCUT2D eigenvalue weighted by atomic mass is 16.5. The SMILES string of the molecule is CC(=O)O[C@@H]1C=C2C=C[C@@H]3[C@H](CC[C@@]4(C)[C@H]3CC[C@]4(C)O)[C@@]2(C)CC1. The van der Waals surface area contributed by atoms with Gasteiger partial charge in [0.2, 0.25) is 0 Å². The van der Waals surface area contributed by atoms with Crippen LogP contribution in [0.3, 0.4) is 0 Å². The van der Waals surface area contributed by atoms with E-state index in [0.29, 0.717) is 17.8 Å². The van der Waals surface area contributed by atoms with Crippen molar-refractivity contribution < 1.29 is 14.6 Å². The predicted octanol–water partition coefficient (Wildman–Crippen LogP) is 4.41. The van der Waals surface area contributed by atoms with Crippen LogP contribution in [0, 0.1) is 28.6 Å². The van der Waals surface area contributed by atoms with E-state index >= 15 is 0 Å². The topological polar surface area (TPSA) is 46.5 Å². The molecule has 3 nitrogen and oxygen atoms in total. The van der Waals surface area contributed by atoms with Gasteiger partial charge in [0.1, 0.15) is 6.10 Å². The summed E-state index contributed by atoms with van der Waals surface area (Å²) in [6.07, 6.45) is 13.2. The Bertz CT molecular complexity index is 646. The maximum Gasteiger partial charge on any atom is 0.303 e. The van der Waals surface area contributed by atoms with Gasteiger partial charge in [-0.3, -0.25) is 4.79 Å². The van der Waals surface area contributed by atoms with Crippen molar-refractivity contribution in [2.45, 2.75) is 77.9 Å². The Balaban J connectivity index is 1.66. The molecular formula is C22H32O3. The molecule has 0 radical (unpaired) electrons. The number of carbonyl (C=O) groups is 1. The van der Waals surface area contributed by atoms with E-state index in [1.165, 1.54) is 18.9 Å². The monoisotopic (exact) mass is 344 g/mol. The molecule has 0 aromatic heterocycles. The summed E-state index contributed by atoms with van der Waals surface area (Å²) in [7, 11) is 0. The number of esters is 1. The minimum Gasteiger partial charge on any atom is -0.458 e. The second-order valence-corrected chi connectivity index (χ2v) is 9.64. The average Bonchev–Trinajstić information content (AvgIpc) is 2.77. The lowest BCUT2D eigenvalue weighted by atomic mass is 9.48. The van der Waals surface area contributed by atoms with E-state index < -0.39 is 5.60 Å². The zero-order valence-electron chi connectivity index (χ0n) is 16.0. The van der Waals surface area contributed by atoms with Crippen molar-refractivity contribution in [1.29, 1.82) is 0 Å². The van der Waals surface area contributed by atoms with Gasteiger partial charge in [-0.1, -0.05) is 26.0 Å². The number of rotatable bonds is 1. The van der Waals surface area contributed by atoms with Crippen molar-refractivity contribution in [3.63, 3.8) is 0 Å². The molecule has 4 aliphatic rings. The number of allylic oxidation sites excluding steroid dienone is 3. The molecule has 138 valence electrons. The summed E-state index contributed by atoms with van der Waals surface area (Å²) in [5.74, 6) is 1.61. The van der Waals surface area contributed by atoms with E-state index in [0.717, 1.165) is 32.1 Å². The lowest BCUT2D eigenvalue weighted by molar-refractivity contribution is -0.145. The molecule has 0 saturated heterocycles. The van der Waals surface area contributed by atoms with Gasteiger partial charge in [0.15, 0.2) is 0 Å². The number of hydrogen-bond donors (Lipinski definition) is 1. The van der Waals surface area contributed by atoms with E-state index in [1.54, 1.807) is 0 Å². The van der Waals surface area contributed by atoms with Gasteiger partial charge in [0, 0.05) is 6.92 Å². The molecule has 1 N–H and O–H groups in total. The van der Waals surface area contributed by atoms with Crippen molar-refractivity contribution in [2.75, 3.05) is 0 Å². The van der Waals surface area contributed by atoms with Crippen LogP contribution < -0.4 is 0 Å². The smallest absolute Gasteiger partial charge is 0.303 e. The highest BCUT2D eigenvalue weighted by Gasteiger charge is 2.61. The van der Waals surface area contributed by atoms with Crippen molar-refractivity contribution in [1.82, 2.24) is 0 Å². The van der Waals surface area contributed by atoms with Gasteiger partial charge < -0.3 is 9.84 Å². The fourth-order valence-electron chi connectivity index (χ4n) is 6.68. The van der Waals surface area contributed by atoms with Gasteiger partial charge in [-0.15, -0.1) is 0 Å². The normalized spacial score (nSPS) is 51.2. The third-order valence-electron chi connectivity index (χ3n) is 8.50. The summed E-state index contributed by atoms with van der Waals surface area (Å²) in [5.41, 5.74) is 1.07. The molecule has 0 spiro atoms. The Hall–Kier alpha value is -1.09. The predicted molar refractivity (Wildman–Crippen MR) is 97.8 cm³/mol. The van der Waals surface area contributed by atoms with Crippen molar-refractivity contribution in [2.24, 2.45) is 28.6 Å². The minimum atomic E-state index is -0.527. The van der Waals surface area contributed by atoms with Crippen LogP contribution >= 0.6 is 0 Å². The maximum atomic E-state index is 11.3. The maximum absolute atomic E-state index is 11.3. The lowest BCUT2D eigenvalue weighted by Gasteiger charge is -2.57. The Morgan fingerprint density at radius 2 is 1.84 bits per heavy atom. The summed E-state index contributed by atoms with van der Waals surface area (Å²) in [4.78, 5) is 11.3. The Morgan fingerprint density at radius 1 is 1.12 bits per heavy atom. The van der Waals surface area contributed by atoms with Crippen LogP contribution in [0.1, 0.15) is 66.2 Å². The fraction of sp³-hybridized carbons (Fsp3) is 0.773. The van der Waals surface area contributed by atoms with Gasteiger partial charge in [-0.05, 0) is 85.7 Å². The van der Waals surface area contributed by atoms with E-state index in [2.05, 4.69) is 39.0 Å². The number of carbonyl (C=O) groups excluding carboxylic acids is 1. The third kappa shape index (κ3) is 2.38. The Labute approximate surface area is 151 Å². The van der Waals surface area contributed by atoms with Crippen molar-refractivity contribution >= 4 is 5.97 Å². The number of fused-ring (bicyclic) bond motifs is 5. The van der Waals surface area contributed by atoms with Crippen LogP contribution in [0.5, 0.6) is 0 Å². The molecule has 0 amide bonds. The molecular weight excluding hydrogens is 312 g/mol. The first-order valence-corrected chi connectivity index (χ1v) is 9.97. The van der Waals surface area contributed by atoms with Gasteiger partial charge in [-0.25, -0.2) is 0 Å². The van der Waals surface area contributed by atoms with Gasteiger partial charge >= 0.3 is 5.97 Å². The van der Waals surface area contributed by atoms with Gasteiger partial charge in [0.25, 0.3) is 0 Å².